The van der Waals surface area contributed by atoms with E-state index in [1.807, 2.05) is 0 Å². The van der Waals surface area contributed by atoms with Crippen molar-refractivity contribution in [3.8, 4) is 0 Å². The van der Waals surface area contributed by atoms with Gasteiger partial charge in [0.05, 0.1) is 0 Å². The first-order chi connectivity index (χ1) is 9.28. The molecule has 2 N–H and O–H groups in total. The molecule has 1 aromatic rings. The van der Waals surface area contributed by atoms with Crippen LogP contribution in [0.15, 0.2) is 31.0 Å². The first kappa shape index (κ1) is 15.8. The minimum atomic E-state index is 0.176. The third kappa shape index (κ3) is 4.39. The van der Waals surface area contributed by atoms with E-state index in [9.17, 15) is 0 Å². The molecule has 0 saturated heterocycles. The summed E-state index contributed by atoms with van der Waals surface area (Å²) in [6.45, 7) is 11.5. The lowest BCUT2D eigenvalue weighted by molar-refractivity contribution is 0.476. The molecule has 0 amide bonds. The standard InChI is InChI=1S/C17H28N2/c1-5-9-13-19-17(18-8-4)16-14(6-2)11-10-12-15(16)7-3/h8,10-12,17-19H,4-7,9,13H2,1-3H3. The van der Waals surface area contributed by atoms with Crippen LogP contribution in [-0.2, 0) is 12.8 Å². The normalized spacial score (nSPS) is 12.2. The maximum atomic E-state index is 3.81. The van der Waals surface area contributed by atoms with Gasteiger partial charge in [-0.05, 0) is 48.7 Å². The molecule has 1 unspecified atom stereocenters. The van der Waals surface area contributed by atoms with Gasteiger partial charge in [0, 0.05) is 0 Å². The lowest BCUT2D eigenvalue weighted by Crippen LogP contribution is -2.33. The molecule has 0 spiro atoms. The Balaban J connectivity index is 3.01. The van der Waals surface area contributed by atoms with Crippen LogP contribution in [0.5, 0.6) is 0 Å². The Bertz CT molecular complexity index is 363. The van der Waals surface area contributed by atoms with Gasteiger partial charge >= 0.3 is 0 Å². The number of rotatable bonds is 9. The van der Waals surface area contributed by atoms with E-state index in [0.29, 0.717) is 0 Å². The predicted molar refractivity (Wildman–Crippen MR) is 84.2 cm³/mol. The lowest BCUT2D eigenvalue weighted by Gasteiger charge is -2.24. The van der Waals surface area contributed by atoms with Gasteiger partial charge < -0.3 is 5.32 Å². The zero-order valence-corrected chi connectivity index (χ0v) is 12.6. The summed E-state index contributed by atoms with van der Waals surface area (Å²) in [7, 11) is 0. The summed E-state index contributed by atoms with van der Waals surface area (Å²) < 4.78 is 0. The van der Waals surface area contributed by atoms with E-state index in [0.717, 1.165) is 19.4 Å². The van der Waals surface area contributed by atoms with Crippen LogP contribution in [0.4, 0.5) is 0 Å². The van der Waals surface area contributed by atoms with Crippen LogP contribution in [0.2, 0.25) is 0 Å². The van der Waals surface area contributed by atoms with Gasteiger partial charge in [0.25, 0.3) is 0 Å². The number of hydrogen-bond donors (Lipinski definition) is 2. The summed E-state index contributed by atoms with van der Waals surface area (Å²) in [6.07, 6.45) is 6.50. The van der Waals surface area contributed by atoms with Crippen molar-refractivity contribution in [2.75, 3.05) is 6.54 Å². The average Bonchev–Trinajstić information content (AvgIpc) is 2.45. The third-order valence-electron chi connectivity index (χ3n) is 3.50. The molecule has 0 aliphatic rings. The van der Waals surface area contributed by atoms with Crippen LogP contribution in [0, 0.1) is 0 Å². The summed E-state index contributed by atoms with van der Waals surface area (Å²) in [4.78, 5) is 0. The summed E-state index contributed by atoms with van der Waals surface area (Å²) in [5, 5.41) is 6.96. The van der Waals surface area contributed by atoms with Crippen LogP contribution in [-0.4, -0.2) is 6.54 Å². The first-order valence-electron chi connectivity index (χ1n) is 7.49. The third-order valence-corrected chi connectivity index (χ3v) is 3.50. The van der Waals surface area contributed by atoms with E-state index in [4.69, 9.17) is 0 Å². The zero-order valence-electron chi connectivity index (χ0n) is 12.6. The molecular weight excluding hydrogens is 232 g/mol. The maximum Gasteiger partial charge on any atom is 0.103 e. The van der Waals surface area contributed by atoms with Crippen molar-refractivity contribution < 1.29 is 0 Å². The highest BCUT2D eigenvalue weighted by Crippen LogP contribution is 2.22. The summed E-state index contributed by atoms with van der Waals surface area (Å²) >= 11 is 0. The molecule has 106 valence electrons. The van der Waals surface area contributed by atoms with Crippen LogP contribution >= 0.6 is 0 Å². The van der Waals surface area contributed by atoms with Crippen LogP contribution in [0.25, 0.3) is 0 Å². The Hall–Kier alpha value is -1.28. The van der Waals surface area contributed by atoms with Crippen molar-refractivity contribution >= 4 is 0 Å². The second-order valence-corrected chi connectivity index (χ2v) is 4.81. The van der Waals surface area contributed by atoms with Gasteiger partial charge in [-0.25, -0.2) is 0 Å². The van der Waals surface area contributed by atoms with Crippen molar-refractivity contribution in [1.29, 1.82) is 0 Å². The van der Waals surface area contributed by atoms with E-state index in [1.165, 1.54) is 29.5 Å². The van der Waals surface area contributed by atoms with Crippen molar-refractivity contribution in [2.45, 2.75) is 52.6 Å². The van der Waals surface area contributed by atoms with Gasteiger partial charge in [0.15, 0.2) is 0 Å². The first-order valence-corrected chi connectivity index (χ1v) is 7.49. The molecule has 1 aromatic carbocycles. The molecule has 0 saturated carbocycles. The molecule has 1 rings (SSSR count). The topological polar surface area (TPSA) is 24.1 Å². The molecule has 0 aliphatic heterocycles. The van der Waals surface area contributed by atoms with E-state index in [2.05, 4.69) is 56.2 Å². The molecule has 19 heavy (non-hydrogen) atoms. The van der Waals surface area contributed by atoms with E-state index in [-0.39, 0.29) is 6.17 Å². The molecule has 1 atom stereocenters. The minimum absolute atomic E-state index is 0.176. The Labute approximate surface area is 118 Å². The van der Waals surface area contributed by atoms with Gasteiger partial charge in [-0.15, -0.1) is 0 Å². The maximum absolute atomic E-state index is 3.81. The van der Waals surface area contributed by atoms with Crippen molar-refractivity contribution in [2.24, 2.45) is 0 Å². The lowest BCUT2D eigenvalue weighted by atomic mass is 9.95. The van der Waals surface area contributed by atoms with Crippen LogP contribution in [0.3, 0.4) is 0 Å². The van der Waals surface area contributed by atoms with E-state index in [1.54, 1.807) is 6.20 Å². The summed E-state index contributed by atoms with van der Waals surface area (Å²) in [5.41, 5.74) is 4.24. The molecule has 0 fully saturated rings. The number of unbranched alkanes of at least 4 members (excludes halogenated alkanes) is 1. The summed E-state index contributed by atoms with van der Waals surface area (Å²) in [6, 6.07) is 6.62. The number of hydrogen-bond acceptors (Lipinski definition) is 2. The SMILES string of the molecule is C=CNC(NCCCC)c1c(CC)cccc1CC. The largest absolute Gasteiger partial charge is 0.373 e. The highest BCUT2D eigenvalue weighted by atomic mass is 15.1. The Morgan fingerprint density at radius 2 is 1.79 bits per heavy atom. The van der Waals surface area contributed by atoms with Crippen molar-refractivity contribution in [3.63, 3.8) is 0 Å². The molecule has 0 heterocycles. The van der Waals surface area contributed by atoms with E-state index < -0.39 is 0 Å². The van der Waals surface area contributed by atoms with Crippen molar-refractivity contribution in [3.05, 3.63) is 47.7 Å². The fourth-order valence-electron chi connectivity index (χ4n) is 2.44. The van der Waals surface area contributed by atoms with Gasteiger partial charge in [-0.1, -0.05) is 52.0 Å². The smallest absolute Gasteiger partial charge is 0.103 e. The summed E-state index contributed by atoms with van der Waals surface area (Å²) in [5.74, 6) is 0. The quantitative estimate of drug-likeness (QED) is 0.519. The monoisotopic (exact) mass is 260 g/mol. The molecule has 0 bridgehead atoms. The second-order valence-electron chi connectivity index (χ2n) is 4.81. The average molecular weight is 260 g/mol. The van der Waals surface area contributed by atoms with Gasteiger partial charge in [-0.2, -0.15) is 0 Å². The second kappa shape index (κ2) is 8.76. The zero-order chi connectivity index (χ0) is 14.1. The Morgan fingerprint density at radius 3 is 2.26 bits per heavy atom. The molecule has 0 aliphatic carbocycles. The van der Waals surface area contributed by atoms with Crippen molar-refractivity contribution in [1.82, 2.24) is 10.6 Å². The molecule has 0 aromatic heterocycles. The van der Waals surface area contributed by atoms with E-state index >= 15 is 0 Å². The molecule has 0 radical (unpaired) electrons. The highest BCUT2D eigenvalue weighted by Gasteiger charge is 2.15. The van der Waals surface area contributed by atoms with Crippen LogP contribution < -0.4 is 10.6 Å². The van der Waals surface area contributed by atoms with Gasteiger partial charge in [-0.3, -0.25) is 5.32 Å². The van der Waals surface area contributed by atoms with Gasteiger partial charge in [0.2, 0.25) is 0 Å². The number of aryl methyl sites for hydroxylation is 2. The Kier molecular flexibility index (Phi) is 7.27. The fraction of sp³-hybridized carbons (Fsp3) is 0.529. The molecular formula is C17H28N2. The molecule has 2 nitrogen and oxygen atoms in total. The number of nitrogens with one attached hydrogen (secondary N) is 2. The fourth-order valence-corrected chi connectivity index (χ4v) is 2.44. The Morgan fingerprint density at radius 1 is 1.16 bits per heavy atom. The highest BCUT2D eigenvalue weighted by molar-refractivity contribution is 5.38. The molecule has 2 heteroatoms. The number of benzene rings is 1. The van der Waals surface area contributed by atoms with Crippen LogP contribution in [0.1, 0.15) is 56.5 Å². The minimum Gasteiger partial charge on any atom is -0.373 e. The van der Waals surface area contributed by atoms with Gasteiger partial charge in [0.1, 0.15) is 6.17 Å². The predicted octanol–water partition coefficient (Wildman–Crippen LogP) is 3.93.